The summed E-state index contributed by atoms with van der Waals surface area (Å²) in [6.45, 7) is 5.57. The van der Waals surface area contributed by atoms with Gasteiger partial charge in [-0.05, 0) is 44.1 Å². The van der Waals surface area contributed by atoms with E-state index in [1.807, 2.05) is 11.3 Å². The maximum Gasteiger partial charge on any atom is 0.225 e. The van der Waals surface area contributed by atoms with Crippen LogP contribution in [0.1, 0.15) is 61.7 Å². The number of hydrogen-bond acceptors (Lipinski definition) is 5. The van der Waals surface area contributed by atoms with Gasteiger partial charge in [-0.1, -0.05) is 19.8 Å². The first-order valence-corrected chi connectivity index (χ1v) is 11.9. The van der Waals surface area contributed by atoms with Crippen molar-refractivity contribution in [1.82, 2.24) is 14.9 Å². The highest BCUT2D eigenvalue weighted by atomic mass is 32.1. The minimum Gasteiger partial charge on any atom is -0.352 e. The lowest BCUT2D eigenvalue weighted by atomic mass is 9.97. The van der Waals surface area contributed by atoms with E-state index in [1.165, 1.54) is 52.8 Å². The van der Waals surface area contributed by atoms with Crippen molar-refractivity contribution >= 4 is 33.3 Å². The average molecular weight is 399 g/mol. The van der Waals surface area contributed by atoms with E-state index in [2.05, 4.69) is 16.7 Å². The summed E-state index contributed by atoms with van der Waals surface area (Å²) >= 11 is 1.89. The molecule has 5 nitrogen and oxygen atoms in total. The van der Waals surface area contributed by atoms with Gasteiger partial charge < -0.3 is 9.80 Å². The standard InChI is InChI=1S/C22H30N4OS/c1-2-18-23-20(19-16-9-5-6-10-17(16)28-21(19)24-18)25-11-13-26(14-12-25)22(27)15-7-3-4-8-15/h15H,2-14H2,1H3. The third kappa shape index (κ3) is 3.19. The first-order chi connectivity index (χ1) is 13.7. The van der Waals surface area contributed by atoms with E-state index in [1.54, 1.807) is 0 Å². The van der Waals surface area contributed by atoms with Crippen molar-refractivity contribution in [3.05, 3.63) is 16.3 Å². The lowest BCUT2D eigenvalue weighted by Gasteiger charge is -2.37. The highest BCUT2D eigenvalue weighted by Gasteiger charge is 2.31. The summed E-state index contributed by atoms with van der Waals surface area (Å²) in [7, 11) is 0. The molecule has 1 saturated carbocycles. The molecule has 0 bridgehead atoms. The normalized spacial score (nSPS) is 20.8. The van der Waals surface area contributed by atoms with Crippen molar-refractivity contribution in [1.29, 1.82) is 0 Å². The summed E-state index contributed by atoms with van der Waals surface area (Å²) in [5.41, 5.74) is 1.51. The lowest BCUT2D eigenvalue weighted by Crippen LogP contribution is -2.50. The molecule has 1 saturated heterocycles. The van der Waals surface area contributed by atoms with Gasteiger partial charge in [0, 0.05) is 43.4 Å². The Bertz CT molecular complexity index is 878. The van der Waals surface area contributed by atoms with Crippen molar-refractivity contribution in [3.63, 3.8) is 0 Å². The summed E-state index contributed by atoms with van der Waals surface area (Å²) in [6.07, 6.45) is 10.4. The van der Waals surface area contributed by atoms with E-state index >= 15 is 0 Å². The quantitative estimate of drug-likeness (QED) is 0.785. The molecule has 1 amide bonds. The number of aromatic nitrogens is 2. The number of rotatable bonds is 3. The molecule has 2 aromatic rings. The minimum atomic E-state index is 0.285. The summed E-state index contributed by atoms with van der Waals surface area (Å²) in [5, 5.41) is 1.31. The van der Waals surface area contributed by atoms with Gasteiger partial charge in [-0.25, -0.2) is 9.97 Å². The second kappa shape index (κ2) is 7.62. The van der Waals surface area contributed by atoms with Crippen molar-refractivity contribution < 1.29 is 4.79 Å². The van der Waals surface area contributed by atoms with Gasteiger partial charge in [-0.3, -0.25) is 4.79 Å². The number of anilines is 1. The molecule has 0 atom stereocenters. The van der Waals surface area contributed by atoms with Gasteiger partial charge in [0.2, 0.25) is 5.91 Å². The monoisotopic (exact) mass is 398 g/mol. The maximum absolute atomic E-state index is 12.8. The van der Waals surface area contributed by atoms with Crippen LogP contribution >= 0.6 is 11.3 Å². The van der Waals surface area contributed by atoms with E-state index in [0.29, 0.717) is 5.91 Å². The fourth-order valence-corrected chi connectivity index (χ4v) is 6.41. The van der Waals surface area contributed by atoms with Crippen LogP contribution in [0.5, 0.6) is 0 Å². The van der Waals surface area contributed by atoms with E-state index < -0.39 is 0 Å². The minimum absolute atomic E-state index is 0.285. The van der Waals surface area contributed by atoms with Crippen LogP contribution in [0.4, 0.5) is 5.82 Å². The van der Waals surface area contributed by atoms with Crippen molar-refractivity contribution in [3.8, 4) is 0 Å². The van der Waals surface area contributed by atoms with Crippen LogP contribution < -0.4 is 4.90 Å². The third-order valence-electron chi connectivity index (χ3n) is 6.75. The van der Waals surface area contributed by atoms with Crippen molar-refractivity contribution in [2.45, 2.75) is 64.7 Å². The van der Waals surface area contributed by atoms with Crippen molar-refractivity contribution in [2.75, 3.05) is 31.1 Å². The number of nitrogens with zero attached hydrogens (tertiary/aromatic N) is 4. The zero-order valence-electron chi connectivity index (χ0n) is 16.9. The molecule has 150 valence electrons. The molecule has 1 aliphatic heterocycles. The summed E-state index contributed by atoms with van der Waals surface area (Å²) < 4.78 is 0. The number of piperazine rings is 1. The van der Waals surface area contributed by atoms with E-state index in [-0.39, 0.29) is 5.92 Å². The molecule has 2 aromatic heterocycles. The molecule has 2 aliphatic carbocycles. The number of thiophene rings is 1. The summed E-state index contributed by atoms with van der Waals surface area (Å²) in [4.78, 5) is 29.9. The molecular formula is C22H30N4OS. The van der Waals surface area contributed by atoms with Crippen LogP contribution in [0, 0.1) is 5.92 Å². The number of carbonyl (C=O) groups excluding carboxylic acids is 1. The Balaban J connectivity index is 1.41. The van der Waals surface area contributed by atoms with Crippen LogP contribution in [-0.4, -0.2) is 47.0 Å². The zero-order valence-corrected chi connectivity index (χ0v) is 17.7. The molecule has 3 aliphatic rings. The number of aryl methyl sites for hydroxylation is 3. The van der Waals surface area contributed by atoms with E-state index in [9.17, 15) is 4.79 Å². The Labute approximate surface area is 171 Å². The first-order valence-electron chi connectivity index (χ1n) is 11.1. The van der Waals surface area contributed by atoms with E-state index in [4.69, 9.17) is 9.97 Å². The number of carbonyl (C=O) groups is 1. The number of amides is 1. The van der Waals surface area contributed by atoms with Gasteiger partial charge in [0.25, 0.3) is 0 Å². The molecular weight excluding hydrogens is 368 g/mol. The fraction of sp³-hybridized carbons (Fsp3) is 0.682. The van der Waals surface area contributed by atoms with Gasteiger partial charge in [-0.2, -0.15) is 0 Å². The second-order valence-electron chi connectivity index (χ2n) is 8.50. The lowest BCUT2D eigenvalue weighted by molar-refractivity contribution is -0.135. The predicted octanol–water partition coefficient (Wildman–Crippen LogP) is 3.97. The predicted molar refractivity (Wildman–Crippen MR) is 114 cm³/mol. The molecule has 3 heterocycles. The topological polar surface area (TPSA) is 49.3 Å². The first kappa shape index (κ1) is 18.3. The van der Waals surface area contributed by atoms with Gasteiger partial charge in [0.15, 0.2) is 0 Å². The molecule has 0 radical (unpaired) electrons. The van der Waals surface area contributed by atoms with Gasteiger partial charge in [0.05, 0.1) is 5.39 Å². The van der Waals surface area contributed by atoms with Crippen molar-refractivity contribution in [2.24, 2.45) is 5.92 Å². The molecule has 6 heteroatoms. The summed E-state index contributed by atoms with van der Waals surface area (Å²) in [6, 6.07) is 0. The van der Waals surface area contributed by atoms with Crippen LogP contribution in [0.25, 0.3) is 10.2 Å². The molecule has 0 N–H and O–H groups in total. The van der Waals surface area contributed by atoms with Crippen LogP contribution in [0.2, 0.25) is 0 Å². The van der Waals surface area contributed by atoms with Crippen LogP contribution in [0.3, 0.4) is 0 Å². The van der Waals surface area contributed by atoms with Gasteiger partial charge in [0.1, 0.15) is 16.5 Å². The smallest absolute Gasteiger partial charge is 0.225 e. The maximum atomic E-state index is 12.8. The fourth-order valence-electron chi connectivity index (χ4n) is 5.14. The summed E-state index contributed by atoms with van der Waals surface area (Å²) in [5.74, 6) is 2.76. The Morgan fingerprint density at radius 1 is 1.04 bits per heavy atom. The number of fused-ring (bicyclic) bond motifs is 3. The largest absolute Gasteiger partial charge is 0.352 e. The Morgan fingerprint density at radius 3 is 2.54 bits per heavy atom. The van der Waals surface area contributed by atoms with Gasteiger partial charge in [-0.15, -0.1) is 11.3 Å². The Kier molecular flexibility index (Phi) is 4.99. The second-order valence-corrected chi connectivity index (χ2v) is 9.59. The zero-order chi connectivity index (χ0) is 19.1. The SMILES string of the molecule is CCc1nc(N2CCN(C(=O)C3CCCC3)CC2)c2c3c(sc2n1)CCCC3. The molecule has 5 rings (SSSR count). The van der Waals surface area contributed by atoms with Crippen LogP contribution in [0.15, 0.2) is 0 Å². The molecule has 0 spiro atoms. The average Bonchev–Trinajstić information content (AvgIpc) is 3.40. The highest BCUT2D eigenvalue weighted by Crippen LogP contribution is 2.40. The third-order valence-corrected chi connectivity index (χ3v) is 7.94. The van der Waals surface area contributed by atoms with Crippen LogP contribution in [-0.2, 0) is 24.1 Å². The molecule has 0 unspecified atom stereocenters. The van der Waals surface area contributed by atoms with E-state index in [0.717, 1.165) is 63.5 Å². The molecule has 28 heavy (non-hydrogen) atoms. The van der Waals surface area contributed by atoms with Gasteiger partial charge >= 0.3 is 0 Å². The Hall–Kier alpha value is -1.69. The number of hydrogen-bond donors (Lipinski definition) is 0. The molecule has 2 fully saturated rings. The molecule has 0 aromatic carbocycles. The Morgan fingerprint density at radius 2 is 1.79 bits per heavy atom. The highest BCUT2D eigenvalue weighted by molar-refractivity contribution is 7.19.